The summed E-state index contributed by atoms with van der Waals surface area (Å²) >= 11 is 0. The minimum atomic E-state index is -3.83. The lowest BCUT2D eigenvalue weighted by atomic mass is 9.95. The van der Waals surface area contributed by atoms with Crippen molar-refractivity contribution in [1.29, 1.82) is 0 Å². The number of hydrogen-bond donors (Lipinski definition) is 3. The quantitative estimate of drug-likeness (QED) is 0.251. The monoisotopic (exact) mass is 552 g/mol. The lowest BCUT2D eigenvalue weighted by Gasteiger charge is -2.29. The maximum absolute atomic E-state index is 13.3. The molecule has 8 heteroatoms. The smallest absolute Gasteiger partial charge is 0.303 e. The molecule has 0 aliphatic carbocycles. The number of carboxylic acids is 1. The van der Waals surface area contributed by atoms with Gasteiger partial charge in [-0.3, -0.25) is 4.79 Å². The van der Waals surface area contributed by atoms with Crippen LogP contribution in [0.15, 0.2) is 83.8 Å². The number of aliphatic hydroxyl groups is 1. The molecule has 1 atom stereocenters. The van der Waals surface area contributed by atoms with Crippen molar-refractivity contribution < 1.29 is 23.4 Å². The number of carbonyl (C=O) groups is 1. The van der Waals surface area contributed by atoms with Gasteiger partial charge in [-0.15, -0.1) is 0 Å². The van der Waals surface area contributed by atoms with Crippen molar-refractivity contribution in [3.8, 4) is 11.1 Å². The van der Waals surface area contributed by atoms with E-state index in [1.807, 2.05) is 48.5 Å². The summed E-state index contributed by atoms with van der Waals surface area (Å²) in [7, 11) is -2.35. The first kappa shape index (κ1) is 30.5. The van der Waals surface area contributed by atoms with Crippen LogP contribution in [0.4, 0.5) is 0 Å². The highest BCUT2D eigenvalue weighted by Gasteiger charge is 2.25. The largest absolute Gasteiger partial charge is 0.481 e. The van der Waals surface area contributed by atoms with Crippen molar-refractivity contribution in [1.82, 2.24) is 9.62 Å². The summed E-state index contributed by atoms with van der Waals surface area (Å²) in [5.41, 5.74) is 3.52. The van der Waals surface area contributed by atoms with Crippen LogP contribution >= 0.6 is 0 Å². The third kappa shape index (κ3) is 9.58. The highest BCUT2D eigenvalue weighted by Crippen LogP contribution is 2.25. The van der Waals surface area contributed by atoms with Crippen molar-refractivity contribution in [3.63, 3.8) is 0 Å². The number of β-amino-alcohol motifs (C(OH)–C–C–N with tert-alkyl or cyclic N) is 1. The van der Waals surface area contributed by atoms with Crippen LogP contribution in [-0.2, 0) is 27.7 Å². The Bertz CT molecular complexity index is 1330. The topological polar surface area (TPSA) is 107 Å². The van der Waals surface area contributed by atoms with Gasteiger partial charge in [0, 0.05) is 32.1 Å². The molecule has 210 valence electrons. The van der Waals surface area contributed by atoms with Crippen LogP contribution < -0.4 is 5.32 Å². The van der Waals surface area contributed by atoms with Crippen molar-refractivity contribution in [2.24, 2.45) is 0 Å². The van der Waals surface area contributed by atoms with Gasteiger partial charge < -0.3 is 15.5 Å². The van der Waals surface area contributed by atoms with Crippen LogP contribution in [0.1, 0.15) is 44.2 Å². The van der Waals surface area contributed by atoms with Crippen LogP contribution in [0.5, 0.6) is 0 Å². The van der Waals surface area contributed by atoms with E-state index in [1.165, 1.54) is 16.9 Å². The fraction of sp³-hybridized carbons (Fsp3) is 0.387. The molecular weight excluding hydrogens is 512 g/mol. The second-order valence-corrected chi connectivity index (χ2v) is 12.7. The summed E-state index contributed by atoms with van der Waals surface area (Å²) in [6, 6.07) is 24.5. The van der Waals surface area contributed by atoms with Crippen LogP contribution in [0, 0.1) is 0 Å². The van der Waals surface area contributed by atoms with Crippen molar-refractivity contribution >= 4 is 16.0 Å². The molecule has 0 radical (unpaired) electrons. The Morgan fingerprint density at radius 1 is 0.923 bits per heavy atom. The number of aryl methyl sites for hydroxylation is 2. The Morgan fingerprint density at radius 3 is 2.26 bits per heavy atom. The van der Waals surface area contributed by atoms with Gasteiger partial charge in [-0.2, -0.15) is 4.31 Å². The average molecular weight is 553 g/mol. The molecule has 3 N–H and O–H groups in total. The lowest BCUT2D eigenvalue weighted by Crippen LogP contribution is -2.46. The summed E-state index contributed by atoms with van der Waals surface area (Å²) in [4.78, 5) is 11.0. The van der Waals surface area contributed by atoms with Gasteiger partial charge in [0.25, 0.3) is 0 Å². The number of aliphatic carboxylic acids is 1. The van der Waals surface area contributed by atoms with E-state index in [1.54, 1.807) is 18.2 Å². The molecule has 0 amide bonds. The summed E-state index contributed by atoms with van der Waals surface area (Å²) in [6.45, 7) is 4.42. The summed E-state index contributed by atoms with van der Waals surface area (Å²) in [5.74, 6) is -0.861. The predicted molar refractivity (Wildman–Crippen MR) is 155 cm³/mol. The molecule has 0 saturated heterocycles. The summed E-state index contributed by atoms with van der Waals surface area (Å²) < 4.78 is 27.8. The summed E-state index contributed by atoms with van der Waals surface area (Å²) in [5, 5.41) is 23.0. The number of hydrogen-bond acceptors (Lipinski definition) is 5. The fourth-order valence-corrected chi connectivity index (χ4v) is 5.75. The van der Waals surface area contributed by atoms with E-state index >= 15 is 0 Å². The first-order chi connectivity index (χ1) is 18.5. The first-order valence-electron chi connectivity index (χ1n) is 13.3. The predicted octanol–water partition coefficient (Wildman–Crippen LogP) is 4.74. The fourth-order valence-electron chi connectivity index (χ4n) is 4.49. The average Bonchev–Trinajstić information content (AvgIpc) is 2.91. The van der Waals surface area contributed by atoms with Gasteiger partial charge >= 0.3 is 5.97 Å². The maximum atomic E-state index is 13.3. The van der Waals surface area contributed by atoms with Gasteiger partial charge in [-0.05, 0) is 73.9 Å². The van der Waals surface area contributed by atoms with E-state index in [4.69, 9.17) is 5.11 Å². The van der Waals surface area contributed by atoms with Crippen molar-refractivity contribution in [3.05, 3.63) is 90.0 Å². The molecule has 3 aromatic carbocycles. The molecule has 0 heterocycles. The zero-order valence-corrected chi connectivity index (χ0v) is 23.8. The molecule has 7 nitrogen and oxygen atoms in total. The van der Waals surface area contributed by atoms with E-state index in [9.17, 15) is 18.3 Å². The van der Waals surface area contributed by atoms with E-state index < -0.39 is 22.1 Å². The van der Waals surface area contributed by atoms with Gasteiger partial charge in [0.1, 0.15) is 0 Å². The highest BCUT2D eigenvalue weighted by atomic mass is 32.2. The van der Waals surface area contributed by atoms with Crippen molar-refractivity contribution in [2.45, 2.75) is 62.5 Å². The normalized spacial score (nSPS) is 12.9. The number of rotatable bonds is 15. The van der Waals surface area contributed by atoms with Crippen molar-refractivity contribution in [2.75, 3.05) is 20.1 Å². The number of benzene rings is 3. The molecule has 0 spiro atoms. The van der Waals surface area contributed by atoms with Crippen LogP contribution in [-0.4, -0.2) is 60.7 Å². The zero-order chi connectivity index (χ0) is 28.5. The molecule has 0 aromatic heterocycles. The molecule has 0 aliphatic rings. The van der Waals surface area contributed by atoms with Crippen LogP contribution in [0.25, 0.3) is 11.1 Å². The Balaban J connectivity index is 1.57. The number of likely N-dealkylation sites (N-methyl/N-ethyl adjacent to an activating group) is 1. The van der Waals surface area contributed by atoms with Gasteiger partial charge in [-0.25, -0.2) is 8.42 Å². The third-order valence-corrected chi connectivity index (χ3v) is 8.64. The van der Waals surface area contributed by atoms with E-state index in [2.05, 4.69) is 31.3 Å². The van der Waals surface area contributed by atoms with Gasteiger partial charge in [0.05, 0.1) is 11.0 Å². The molecule has 3 aromatic rings. The lowest BCUT2D eigenvalue weighted by molar-refractivity contribution is -0.136. The van der Waals surface area contributed by atoms with Gasteiger partial charge in [-0.1, -0.05) is 66.7 Å². The van der Waals surface area contributed by atoms with E-state index in [0.717, 1.165) is 36.0 Å². The Kier molecular flexibility index (Phi) is 10.8. The number of aliphatic hydroxyl groups excluding tert-OH is 1. The number of carboxylic acid groups (broad SMARTS) is 1. The first-order valence-corrected chi connectivity index (χ1v) is 14.7. The second-order valence-electron chi connectivity index (χ2n) is 10.7. The highest BCUT2D eigenvalue weighted by molar-refractivity contribution is 7.89. The number of nitrogens with zero attached hydrogens (tertiary/aromatic N) is 1. The molecule has 0 unspecified atom stereocenters. The number of nitrogens with one attached hydrogen (secondary N) is 1. The molecule has 3 rings (SSSR count). The molecule has 0 aliphatic heterocycles. The Labute approximate surface area is 232 Å². The molecule has 39 heavy (non-hydrogen) atoms. The molecule has 0 fully saturated rings. The Morgan fingerprint density at radius 2 is 1.56 bits per heavy atom. The standard InChI is InChI=1S/C31H40N2O5S/c1-31(2,19-9-13-24-10-5-4-6-11-24)32-22-28(34)23-33(3)39(37,38)29-16-8-15-27(21-29)26-14-7-12-25(20-26)17-18-30(35)36/h4-8,10-12,14-16,20-21,28,32,34H,9,13,17-19,22-23H2,1-3H3,(H,35,36)/t28-/m0/s1. The Hall–Kier alpha value is -3.04. The van der Waals surface area contributed by atoms with E-state index in [0.29, 0.717) is 6.42 Å². The minimum Gasteiger partial charge on any atom is -0.481 e. The number of sulfonamides is 1. The second kappa shape index (κ2) is 13.8. The maximum Gasteiger partial charge on any atom is 0.303 e. The molecule has 0 bridgehead atoms. The third-order valence-electron chi connectivity index (χ3n) is 6.82. The van der Waals surface area contributed by atoms with Gasteiger partial charge in [0.2, 0.25) is 10.0 Å². The molecular formula is C31H40N2O5S. The van der Waals surface area contributed by atoms with Crippen LogP contribution in [0.2, 0.25) is 0 Å². The minimum absolute atomic E-state index is 0.0325. The zero-order valence-electron chi connectivity index (χ0n) is 23.0. The summed E-state index contributed by atoms with van der Waals surface area (Å²) in [6.07, 6.45) is 2.48. The van der Waals surface area contributed by atoms with Crippen LogP contribution in [0.3, 0.4) is 0 Å². The SMILES string of the molecule is CN(C[C@@H](O)CNC(C)(C)CCCc1ccccc1)S(=O)(=O)c1cccc(-c2cccc(CCC(=O)O)c2)c1. The molecule has 0 saturated carbocycles. The van der Waals surface area contributed by atoms with E-state index in [-0.39, 0.29) is 29.9 Å². The van der Waals surface area contributed by atoms with Gasteiger partial charge in [0.15, 0.2) is 0 Å².